The maximum Gasteiger partial charge on any atom is 0.419 e. The summed E-state index contributed by atoms with van der Waals surface area (Å²) in [7, 11) is 3.71. The molecule has 0 amide bonds. The van der Waals surface area contributed by atoms with Crippen LogP contribution in [0, 0.1) is 0 Å². The van der Waals surface area contributed by atoms with Crippen molar-refractivity contribution in [3.05, 3.63) is 54.6 Å². The maximum absolute atomic E-state index is 13.9. The molecule has 4 aromatic rings. The van der Waals surface area contributed by atoms with Crippen LogP contribution in [0.4, 0.5) is 19.0 Å². The number of benzene rings is 1. The first kappa shape index (κ1) is 26.4. The van der Waals surface area contributed by atoms with Crippen LogP contribution in [0.3, 0.4) is 0 Å². The molecule has 4 atom stereocenters. The third kappa shape index (κ3) is 4.84. The Morgan fingerprint density at radius 3 is 2.70 bits per heavy atom. The van der Waals surface area contributed by atoms with Gasteiger partial charge in [0.15, 0.2) is 17.8 Å². The van der Waals surface area contributed by atoms with E-state index in [0.29, 0.717) is 27.8 Å². The highest BCUT2D eigenvalue weighted by Crippen LogP contribution is 2.45. The maximum atomic E-state index is 13.9. The van der Waals surface area contributed by atoms with Crippen LogP contribution in [0.1, 0.15) is 25.6 Å². The number of halogens is 3. The highest BCUT2D eigenvalue weighted by atomic mass is 19.4. The van der Waals surface area contributed by atoms with Gasteiger partial charge < -0.3 is 28.4 Å². The lowest BCUT2D eigenvalue weighted by atomic mass is 10.1. The SMILES string of the molecule is CN(C)/C=N/c1ncnc2c1ccn2[C@@H]1O[C@H](COc2cc3ncccc3cc2C(F)(F)F)[C@H]2OC(C)(C)OC12. The van der Waals surface area contributed by atoms with Crippen LogP contribution in [0.15, 0.2) is 54.0 Å². The molecule has 210 valence electrons. The van der Waals surface area contributed by atoms with Gasteiger partial charge >= 0.3 is 6.18 Å². The molecule has 0 aliphatic carbocycles. The van der Waals surface area contributed by atoms with Crippen molar-refractivity contribution >= 4 is 34.1 Å². The summed E-state index contributed by atoms with van der Waals surface area (Å²) in [6.45, 7) is 3.35. The summed E-state index contributed by atoms with van der Waals surface area (Å²) >= 11 is 0. The van der Waals surface area contributed by atoms with Crippen LogP contribution in [0.2, 0.25) is 0 Å². The van der Waals surface area contributed by atoms with E-state index in [4.69, 9.17) is 18.9 Å². The van der Waals surface area contributed by atoms with Gasteiger partial charge in [-0.3, -0.25) is 4.98 Å². The van der Waals surface area contributed by atoms with E-state index in [1.165, 1.54) is 18.6 Å². The minimum Gasteiger partial charge on any atom is -0.490 e. The van der Waals surface area contributed by atoms with Gasteiger partial charge in [0.05, 0.1) is 22.8 Å². The van der Waals surface area contributed by atoms with Crippen molar-refractivity contribution in [1.82, 2.24) is 24.4 Å². The number of rotatable bonds is 6. The van der Waals surface area contributed by atoms with E-state index in [0.717, 1.165) is 6.07 Å². The summed E-state index contributed by atoms with van der Waals surface area (Å²) in [4.78, 5) is 19.1. The van der Waals surface area contributed by atoms with E-state index in [9.17, 15) is 13.2 Å². The molecule has 1 unspecified atom stereocenters. The molecule has 1 aromatic carbocycles. The molecule has 2 fully saturated rings. The van der Waals surface area contributed by atoms with Gasteiger partial charge in [0.2, 0.25) is 0 Å². The second-order valence-electron chi connectivity index (χ2n) is 10.3. The van der Waals surface area contributed by atoms with Gasteiger partial charge in [0.1, 0.15) is 42.6 Å². The third-order valence-electron chi connectivity index (χ3n) is 6.71. The Morgan fingerprint density at radius 1 is 1.12 bits per heavy atom. The van der Waals surface area contributed by atoms with Crippen molar-refractivity contribution in [2.24, 2.45) is 4.99 Å². The summed E-state index contributed by atoms with van der Waals surface area (Å²) in [6, 6.07) is 7.33. The lowest BCUT2D eigenvalue weighted by Gasteiger charge is -2.25. The summed E-state index contributed by atoms with van der Waals surface area (Å²) in [6.07, 6.45) is -0.832. The third-order valence-corrected chi connectivity index (χ3v) is 6.71. The average molecular weight is 557 g/mol. The Morgan fingerprint density at radius 2 is 1.93 bits per heavy atom. The van der Waals surface area contributed by atoms with Gasteiger partial charge in [0.25, 0.3) is 0 Å². The van der Waals surface area contributed by atoms with Crippen molar-refractivity contribution in [3.8, 4) is 5.75 Å². The van der Waals surface area contributed by atoms with Crippen molar-refractivity contribution in [2.45, 2.75) is 50.4 Å². The lowest BCUT2D eigenvalue weighted by Crippen LogP contribution is -2.34. The monoisotopic (exact) mass is 556 g/mol. The second-order valence-corrected chi connectivity index (χ2v) is 10.3. The molecule has 0 N–H and O–H groups in total. The number of aromatic nitrogens is 4. The van der Waals surface area contributed by atoms with Crippen molar-refractivity contribution < 1.29 is 32.1 Å². The molecule has 2 aliphatic heterocycles. The van der Waals surface area contributed by atoms with Crippen LogP contribution in [0.25, 0.3) is 21.9 Å². The zero-order chi connectivity index (χ0) is 28.2. The van der Waals surface area contributed by atoms with Crippen molar-refractivity contribution in [1.29, 1.82) is 0 Å². The fraction of sp³-hybridized carbons (Fsp3) is 0.407. The molecule has 40 heavy (non-hydrogen) atoms. The number of hydrogen-bond acceptors (Lipinski definition) is 8. The van der Waals surface area contributed by atoms with E-state index in [1.807, 2.05) is 20.2 Å². The summed E-state index contributed by atoms with van der Waals surface area (Å²) in [5, 5.41) is 1.07. The van der Waals surface area contributed by atoms with Crippen LogP contribution < -0.4 is 4.74 Å². The van der Waals surface area contributed by atoms with Crippen molar-refractivity contribution in [2.75, 3.05) is 20.7 Å². The lowest BCUT2D eigenvalue weighted by molar-refractivity contribution is -0.199. The Labute approximate surface area is 227 Å². The first-order chi connectivity index (χ1) is 19.0. The molecule has 0 radical (unpaired) electrons. The second kappa shape index (κ2) is 9.68. The molecule has 13 heteroatoms. The molecule has 5 heterocycles. The zero-order valence-corrected chi connectivity index (χ0v) is 22.2. The first-order valence-electron chi connectivity index (χ1n) is 12.6. The largest absolute Gasteiger partial charge is 0.490 e. The van der Waals surface area contributed by atoms with Crippen molar-refractivity contribution in [3.63, 3.8) is 0 Å². The molecule has 0 bridgehead atoms. The Bertz CT molecular complexity index is 1590. The predicted molar refractivity (Wildman–Crippen MR) is 139 cm³/mol. The normalized spacial score (nSPS) is 24.3. The standard InChI is InChI=1S/C27H27F3N6O4/c1-26(2)39-21-20(12-37-19-11-18-15(6-5-8-31-18)10-17(19)27(28,29)30)38-25(22(21)40-26)36-9-7-16-23(34-14-35(3)4)32-13-33-24(16)36/h5-11,13-14,20-22,25H,12H2,1-4H3/b34-14+/t20-,21-,22?,25-/m1/s1. The Kier molecular flexibility index (Phi) is 6.39. The zero-order valence-electron chi connectivity index (χ0n) is 22.2. The number of alkyl halides is 3. The molecule has 2 aliphatic rings. The topological polar surface area (TPSA) is 96.1 Å². The van der Waals surface area contributed by atoms with Gasteiger partial charge in [-0.1, -0.05) is 6.07 Å². The van der Waals surface area contributed by atoms with Crippen LogP contribution in [-0.4, -0.2) is 75.6 Å². The molecule has 6 rings (SSSR count). The molecule has 10 nitrogen and oxygen atoms in total. The number of aliphatic imine (C=N–C) groups is 1. The Balaban J connectivity index is 1.31. The summed E-state index contributed by atoms with van der Waals surface area (Å²) < 4.78 is 68.0. The highest BCUT2D eigenvalue weighted by Gasteiger charge is 2.56. The molecule has 0 spiro atoms. The summed E-state index contributed by atoms with van der Waals surface area (Å²) in [5.74, 6) is -0.776. The van der Waals surface area contributed by atoms with Crippen LogP contribution in [0.5, 0.6) is 5.75 Å². The summed E-state index contributed by atoms with van der Waals surface area (Å²) in [5.41, 5.74) is 0.0721. The number of fused-ring (bicyclic) bond motifs is 3. The fourth-order valence-electron chi connectivity index (χ4n) is 5.07. The van der Waals surface area contributed by atoms with Gasteiger partial charge in [-0.05, 0) is 32.0 Å². The fourth-order valence-corrected chi connectivity index (χ4v) is 5.07. The molecule has 3 aromatic heterocycles. The smallest absolute Gasteiger partial charge is 0.419 e. The number of nitrogens with zero attached hydrogens (tertiary/aromatic N) is 6. The quantitative estimate of drug-likeness (QED) is 0.249. The molecule has 0 saturated carbocycles. The highest BCUT2D eigenvalue weighted by molar-refractivity contribution is 5.87. The first-order valence-corrected chi connectivity index (χ1v) is 12.6. The molecular weight excluding hydrogens is 529 g/mol. The minimum absolute atomic E-state index is 0.203. The van der Waals surface area contributed by atoms with Gasteiger partial charge in [-0.2, -0.15) is 13.2 Å². The van der Waals surface area contributed by atoms with Gasteiger partial charge in [-0.25, -0.2) is 15.0 Å². The van der Waals surface area contributed by atoms with E-state index in [2.05, 4.69) is 19.9 Å². The van der Waals surface area contributed by atoms with E-state index in [-0.39, 0.29) is 12.4 Å². The average Bonchev–Trinajstić information content (AvgIpc) is 3.56. The van der Waals surface area contributed by atoms with E-state index < -0.39 is 42.1 Å². The van der Waals surface area contributed by atoms with Crippen LogP contribution in [-0.2, 0) is 20.4 Å². The van der Waals surface area contributed by atoms with E-state index in [1.54, 1.807) is 48.0 Å². The number of hydrogen-bond donors (Lipinski definition) is 0. The molecular formula is C27H27F3N6O4. The Hall–Kier alpha value is -3.81. The van der Waals surface area contributed by atoms with E-state index >= 15 is 0 Å². The van der Waals surface area contributed by atoms with Crippen LogP contribution >= 0.6 is 0 Å². The van der Waals surface area contributed by atoms with Gasteiger partial charge in [0, 0.05) is 37.9 Å². The number of ether oxygens (including phenoxy) is 4. The molecule has 2 saturated heterocycles. The minimum atomic E-state index is -4.62. The number of pyridine rings is 1. The van der Waals surface area contributed by atoms with Gasteiger partial charge in [-0.15, -0.1) is 0 Å². The predicted octanol–water partition coefficient (Wildman–Crippen LogP) is 4.72.